The van der Waals surface area contributed by atoms with Gasteiger partial charge in [-0.05, 0) is 41.5 Å². The second-order valence-corrected chi connectivity index (χ2v) is 12.1. The first-order valence-corrected chi connectivity index (χ1v) is 16.5. The fourth-order valence-corrected chi connectivity index (χ4v) is 7.37. The van der Waals surface area contributed by atoms with Crippen molar-refractivity contribution in [2.24, 2.45) is 0 Å². The zero-order valence-electron chi connectivity index (χ0n) is 21.9. The number of carbonyl (C=O) groups is 2. The fraction of sp³-hybridized carbons (Fsp3) is 0.727. The summed E-state index contributed by atoms with van der Waals surface area (Å²) in [4.78, 5) is 24.9. The molecule has 0 N–H and O–H groups in total. The van der Waals surface area contributed by atoms with Crippen LogP contribution in [0.4, 0.5) is 0 Å². The molecule has 36 heavy (non-hydrogen) atoms. The summed E-state index contributed by atoms with van der Waals surface area (Å²) in [5.41, 5.74) is 0.374. The van der Waals surface area contributed by atoms with Gasteiger partial charge in [-0.25, -0.2) is 4.79 Å². The van der Waals surface area contributed by atoms with E-state index in [4.69, 9.17) is 32.0 Å². The average Bonchev–Trinajstić information content (AvgIpc) is 3.10. The molecule has 0 saturated heterocycles. The number of esters is 2. The minimum absolute atomic E-state index is 0.0139. The number of thioether (sulfide) groups is 1. The molecule has 0 aliphatic heterocycles. The maximum absolute atomic E-state index is 13.3. The summed E-state index contributed by atoms with van der Waals surface area (Å²) < 4.78 is 64.4. The molecule has 1 rings (SSSR count). The maximum Gasteiger partial charge on any atom is 0.342 e. The summed E-state index contributed by atoms with van der Waals surface area (Å²) in [5.74, 6) is -0.832. The summed E-state index contributed by atoms with van der Waals surface area (Å²) >= 11 is 1.18. The van der Waals surface area contributed by atoms with Crippen LogP contribution in [0.3, 0.4) is 0 Å². The summed E-state index contributed by atoms with van der Waals surface area (Å²) in [6, 6.07) is 0. The van der Waals surface area contributed by atoms with Crippen LogP contribution in [0.15, 0.2) is 4.42 Å². The van der Waals surface area contributed by atoms with Crippen LogP contribution in [0.2, 0.25) is 0 Å². The molecular formula is C22H38O11P2S. The molecule has 0 unspecified atom stereocenters. The van der Waals surface area contributed by atoms with Gasteiger partial charge in [0.2, 0.25) is 0 Å². The van der Waals surface area contributed by atoms with Gasteiger partial charge in [0, 0.05) is 11.3 Å². The number of hydrogen-bond acceptors (Lipinski definition) is 12. The molecule has 0 atom stereocenters. The van der Waals surface area contributed by atoms with Crippen molar-refractivity contribution in [1.29, 1.82) is 0 Å². The molecule has 0 saturated carbocycles. The van der Waals surface area contributed by atoms with Crippen LogP contribution in [0.1, 0.15) is 69.0 Å². The Labute approximate surface area is 217 Å². The van der Waals surface area contributed by atoms with Crippen LogP contribution in [0.5, 0.6) is 0 Å². The topological polar surface area (TPSA) is 137 Å². The summed E-state index contributed by atoms with van der Waals surface area (Å²) in [6.07, 6.45) is -0.615. The highest BCUT2D eigenvalue weighted by molar-refractivity contribution is 7.99. The van der Waals surface area contributed by atoms with E-state index in [1.807, 2.05) is 0 Å². The van der Waals surface area contributed by atoms with E-state index in [1.54, 1.807) is 41.5 Å². The van der Waals surface area contributed by atoms with E-state index in [0.717, 1.165) is 0 Å². The Bertz CT molecular complexity index is 911. The summed E-state index contributed by atoms with van der Waals surface area (Å²) in [7, 11) is -7.31. The first-order chi connectivity index (χ1) is 17.1. The van der Waals surface area contributed by atoms with Gasteiger partial charge in [0.1, 0.15) is 29.4 Å². The molecular weight excluding hydrogens is 534 g/mol. The lowest BCUT2D eigenvalue weighted by Gasteiger charge is -2.16. The molecule has 0 fully saturated rings. The van der Waals surface area contributed by atoms with Crippen molar-refractivity contribution in [1.82, 2.24) is 0 Å². The molecule has 1 aromatic rings. The van der Waals surface area contributed by atoms with Crippen molar-refractivity contribution in [3.05, 3.63) is 22.6 Å². The van der Waals surface area contributed by atoms with Crippen LogP contribution < -0.4 is 0 Å². The Morgan fingerprint density at radius 1 is 0.722 bits per heavy atom. The van der Waals surface area contributed by atoms with Crippen LogP contribution >= 0.6 is 27.0 Å². The van der Waals surface area contributed by atoms with Crippen molar-refractivity contribution >= 4 is 38.9 Å². The monoisotopic (exact) mass is 572 g/mol. The molecule has 208 valence electrons. The van der Waals surface area contributed by atoms with Crippen molar-refractivity contribution in [3.8, 4) is 0 Å². The predicted molar refractivity (Wildman–Crippen MR) is 137 cm³/mol. The Hall–Kier alpha value is -1.13. The van der Waals surface area contributed by atoms with Gasteiger partial charge >= 0.3 is 27.1 Å². The highest BCUT2D eigenvalue weighted by Crippen LogP contribution is 2.55. The first-order valence-electron chi connectivity index (χ1n) is 11.9. The SMILES string of the molecule is CCOC(=O)CSCc1c(CP(=O)(OCC)OCC)oc(CP(=O)(OCC)OCC)c1C(=O)OCC. The summed E-state index contributed by atoms with van der Waals surface area (Å²) in [6.45, 7) is 10.9. The van der Waals surface area contributed by atoms with E-state index in [2.05, 4.69) is 0 Å². The standard InChI is InChI=1S/C22H38O11P2S/c1-7-27-20(23)16-36-15-17-18(13-34(25,29-9-3)30-10-4)33-19(21(17)22(24)28-8-2)14-35(26,31-11-5)32-12-6/h7-16H2,1-6H3. The lowest BCUT2D eigenvalue weighted by Crippen LogP contribution is -2.11. The Balaban J connectivity index is 3.60. The number of ether oxygens (including phenoxy) is 2. The third kappa shape index (κ3) is 10.3. The molecule has 0 aromatic carbocycles. The third-order valence-electron chi connectivity index (χ3n) is 4.39. The second kappa shape index (κ2) is 16.7. The van der Waals surface area contributed by atoms with Crippen molar-refractivity contribution in [2.45, 2.75) is 59.6 Å². The zero-order chi connectivity index (χ0) is 27.2. The Kier molecular flexibility index (Phi) is 15.2. The van der Waals surface area contributed by atoms with Gasteiger partial charge < -0.3 is 32.0 Å². The Morgan fingerprint density at radius 3 is 1.64 bits per heavy atom. The third-order valence-corrected chi connectivity index (χ3v) is 9.28. The number of rotatable bonds is 19. The number of furan rings is 1. The molecule has 0 amide bonds. The van der Waals surface area contributed by atoms with E-state index in [9.17, 15) is 18.7 Å². The van der Waals surface area contributed by atoms with Crippen LogP contribution in [0.25, 0.3) is 0 Å². The highest BCUT2D eigenvalue weighted by atomic mass is 32.2. The molecule has 0 aliphatic carbocycles. The highest BCUT2D eigenvalue weighted by Gasteiger charge is 2.36. The van der Waals surface area contributed by atoms with Crippen LogP contribution in [-0.4, -0.2) is 57.3 Å². The fourth-order valence-electron chi connectivity index (χ4n) is 3.24. The van der Waals surface area contributed by atoms with Gasteiger partial charge in [0.05, 0.1) is 45.4 Å². The second-order valence-electron chi connectivity index (χ2n) is 7.03. The normalized spacial score (nSPS) is 12.1. The maximum atomic E-state index is 13.3. The predicted octanol–water partition coefficient (Wildman–Crippen LogP) is 5.78. The molecule has 1 aromatic heterocycles. The van der Waals surface area contributed by atoms with Crippen molar-refractivity contribution in [3.63, 3.8) is 0 Å². The molecule has 0 spiro atoms. The first kappa shape index (κ1) is 32.9. The van der Waals surface area contributed by atoms with Crippen LogP contribution in [-0.2, 0) is 59.6 Å². The molecule has 14 heteroatoms. The summed E-state index contributed by atoms with van der Waals surface area (Å²) in [5, 5.41) is 0. The van der Waals surface area contributed by atoms with Gasteiger partial charge in [0.15, 0.2) is 0 Å². The van der Waals surface area contributed by atoms with Crippen molar-refractivity contribution < 1.29 is 50.7 Å². The molecule has 0 radical (unpaired) electrons. The van der Waals surface area contributed by atoms with E-state index in [1.165, 1.54) is 11.8 Å². The van der Waals surface area contributed by atoms with Crippen LogP contribution in [0, 0.1) is 0 Å². The van der Waals surface area contributed by atoms with Gasteiger partial charge in [0.25, 0.3) is 0 Å². The Morgan fingerprint density at radius 2 is 1.19 bits per heavy atom. The average molecular weight is 573 g/mol. The smallest absolute Gasteiger partial charge is 0.342 e. The lowest BCUT2D eigenvalue weighted by atomic mass is 10.1. The van der Waals surface area contributed by atoms with E-state index >= 15 is 0 Å². The van der Waals surface area contributed by atoms with Gasteiger partial charge in [-0.3, -0.25) is 13.9 Å². The molecule has 0 bridgehead atoms. The number of hydrogen-bond donors (Lipinski definition) is 0. The molecule has 11 nitrogen and oxygen atoms in total. The largest absolute Gasteiger partial charge is 0.465 e. The minimum Gasteiger partial charge on any atom is -0.465 e. The molecule has 1 heterocycles. The van der Waals surface area contributed by atoms with E-state index in [0.29, 0.717) is 5.56 Å². The van der Waals surface area contributed by atoms with E-state index < -0.39 is 27.1 Å². The van der Waals surface area contributed by atoms with Gasteiger partial charge in [-0.2, -0.15) is 0 Å². The lowest BCUT2D eigenvalue weighted by molar-refractivity contribution is -0.139. The molecule has 0 aliphatic rings. The van der Waals surface area contributed by atoms with Gasteiger partial charge in [-0.15, -0.1) is 11.8 Å². The number of carbonyl (C=O) groups excluding carboxylic acids is 2. The van der Waals surface area contributed by atoms with E-state index in [-0.39, 0.29) is 80.6 Å². The quantitative estimate of drug-likeness (QED) is 0.147. The minimum atomic E-state index is -3.67. The van der Waals surface area contributed by atoms with Crippen molar-refractivity contribution in [2.75, 3.05) is 45.4 Å². The zero-order valence-corrected chi connectivity index (χ0v) is 24.5. The van der Waals surface area contributed by atoms with Gasteiger partial charge in [-0.1, -0.05) is 0 Å².